The Hall–Kier alpha value is -3.54. The summed E-state index contributed by atoms with van der Waals surface area (Å²) in [5.41, 5.74) is 4.46. The van der Waals surface area contributed by atoms with Crippen LogP contribution in [-0.4, -0.2) is 32.6 Å². The summed E-state index contributed by atoms with van der Waals surface area (Å²) in [6, 6.07) is 15.5. The molecule has 2 aliphatic rings. The maximum absolute atomic E-state index is 13.6. The van der Waals surface area contributed by atoms with E-state index in [0.717, 1.165) is 16.8 Å². The van der Waals surface area contributed by atoms with Gasteiger partial charge in [0.05, 0.1) is 32.3 Å². The molecule has 0 spiro atoms. The fourth-order valence-corrected chi connectivity index (χ4v) is 4.85. The van der Waals surface area contributed by atoms with Crippen molar-refractivity contribution in [3.63, 3.8) is 0 Å². The van der Waals surface area contributed by atoms with Crippen molar-refractivity contribution in [2.45, 2.75) is 38.5 Å². The summed E-state index contributed by atoms with van der Waals surface area (Å²) in [6.45, 7) is 3.88. The van der Waals surface area contributed by atoms with Gasteiger partial charge in [0.15, 0.2) is 5.78 Å². The van der Waals surface area contributed by atoms with Crippen LogP contribution in [0.2, 0.25) is 0 Å². The van der Waals surface area contributed by atoms with Crippen LogP contribution in [0.3, 0.4) is 0 Å². The molecule has 2 aromatic carbocycles. The minimum Gasteiger partial charge on any atom is -0.497 e. The fourth-order valence-electron chi connectivity index (χ4n) is 4.85. The molecule has 1 heterocycles. The average Bonchev–Trinajstić information content (AvgIpc) is 2.83. The van der Waals surface area contributed by atoms with Gasteiger partial charge < -0.3 is 19.5 Å². The topological polar surface area (TPSA) is 73.9 Å². The van der Waals surface area contributed by atoms with Crippen LogP contribution in [-0.2, 0) is 14.3 Å². The van der Waals surface area contributed by atoms with Crippen molar-refractivity contribution in [2.24, 2.45) is 0 Å². The molecule has 0 saturated carbocycles. The zero-order valence-electron chi connectivity index (χ0n) is 19.4. The van der Waals surface area contributed by atoms with E-state index in [2.05, 4.69) is 17.4 Å². The van der Waals surface area contributed by atoms with E-state index in [9.17, 15) is 9.59 Å². The number of dihydropyridines is 1. The van der Waals surface area contributed by atoms with Gasteiger partial charge in [-0.1, -0.05) is 36.4 Å². The minimum atomic E-state index is -0.578. The van der Waals surface area contributed by atoms with E-state index in [1.54, 1.807) is 27.2 Å². The number of hydrogen-bond acceptors (Lipinski definition) is 6. The number of Topliss-reactive ketones (excluding diaryl/α,β-unsaturated/α-hetero) is 1. The molecule has 0 fully saturated rings. The molecule has 0 radical (unpaired) electrons. The number of ether oxygens (including phenoxy) is 3. The first-order valence-corrected chi connectivity index (χ1v) is 11.2. The van der Waals surface area contributed by atoms with E-state index in [0.29, 0.717) is 41.2 Å². The lowest BCUT2D eigenvalue weighted by atomic mass is 9.71. The molecule has 1 aliphatic heterocycles. The average molecular weight is 448 g/mol. The number of carbonyl (C=O) groups excluding carboxylic acids is 2. The molecule has 2 unspecified atom stereocenters. The van der Waals surface area contributed by atoms with Gasteiger partial charge in [-0.2, -0.15) is 0 Å². The van der Waals surface area contributed by atoms with Gasteiger partial charge in [0.2, 0.25) is 0 Å². The second-order valence-corrected chi connectivity index (χ2v) is 8.26. The van der Waals surface area contributed by atoms with Crippen molar-refractivity contribution in [1.29, 1.82) is 0 Å². The summed E-state index contributed by atoms with van der Waals surface area (Å²) in [7, 11) is 3.16. The lowest BCUT2D eigenvalue weighted by Gasteiger charge is -2.37. The Balaban J connectivity index is 1.85. The molecule has 2 aromatic rings. The van der Waals surface area contributed by atoms with Gasteiger partial charge in [-0.15, -0.1) is 0 Å². The van der Waals surface area contributed by atoms with Crippen molar-refractivity contribution < 1.29 is 23.8 Å². The molecule has 0 aromatic heterocycles. The van der Waals surface area contributed by atoms with Crippen LogP contribution in [0, 0.1) is 0 Å². The number of benzene rings is 2. The largest absolute Gasteiger partial charge is 0.497 e. The van der Waals surface area contributed by atoms with Crippen LogP contribution >= 0.6 is 0 Å². The summed E-state index contributed by atoms with van der Waals surface area (Å²) >= 11 is 0. The monoisotopic (exact) mass is 447 g/mol. The maximum atomic E-state index is 13.6. The summed E-state index contributed by atoms with van der Waals surface area (Å²) in [5, 5.41) is 3.37. The van der Waals surface area contributed by atoms with Crippen LogP contribution in [0.5, 0.6) is 11.5 Å². The first-order chi connectivity index (χ1) is 16.0. The Morgan fingerprint density at radius 1 is 1.06 bits per heavy atom. The van der Waals surface area contributed by atoms with E-state index in [1.165, 1.54) is 0 Å². The number of allylic oxidation sites excluding steroid dienone is 3. The van der Waals surface area contributed by atoms with E-state index in [-0.39, 0.29) is 18.3 Å². The van der Waals surface area contributed by atoms with Gasteiger partial charge >= 0.3 is 5.97 Å². The molecule has 0 bridgehead atoms. The van der Waals surface area contributed by atoms with Crippen molar-refractivity contribution in [1.82, 2.24) is 5.32 Å². The van der Waals surface area contributed by atoms with Gasteiger partial charge in [0.1, 0.15) is 11.5 Å². The summed E-state index contributed by atoms with van der Waals surface area (Å²) < 4.78 is 16.4. The van der Waals surface area contributed by atoms with Gasteiger partial charge in [-0.3, -0.25) is 4.79 Å². The molecule has 6 nitrogen and oxygen atoms in total. The third-order valence-corrected chi connectivity index (χ3v) is 6.35. The third-order valence-electron chi connectivity index (χ3n) is 6.35. The number of rotatable bonds is 6. The van der Waals surface area contributed by atoms with Crippen LogP contribution in [0.1, 0.15) is 49.7 Å². The first kappa shape index (κ1) is 22.6. The molecular formula is C27H29NO5. The zero-order chi connectivity index (χ0) is 23.5. The molecule has 1 aliphatic carbocycles. The lowest BCUT2D eigenvalue weighted by molar-refractivity contribution is -0.138. The standard InChI is InChI=1S/C27H29NO5/c1-5-33-27(30)24-16(2)28-21-13-18(17-9-7-6-8-10-17)14-22(29)26(21)25(24)20-12-11-19(31-3)15-23(20)32-4/h6-12,15,18,25,28H,5,13-14H2,1-4H3. The van der Waals surface area contributed by atoms with Crippen LogP contribution in [0.15, 0.2) is 71.1 Å². The number of methoxy groups -OCH3 is 2. The Morgan fingerprint density at radius 3 is 2.48 bits per heavy atom. The van der Waals surface area contributed by atoms with Crippen LogP contribution < -0.4 is 14.8 Å². The van der Waals surface area contributed by atoms with Crippen molar-refractivity contribution >= 4 is 11.8 Å². The van der Waals surface area contributed by atoms with E-state index < -0.39 is 11.9 Å². The quantitative estimate of drug-likeness (QED) is 0.651. The highest BCUT2D eigenvalue weighted by Crippen LogP contribution is 2.48. The predicted molar refractivity (Wildman–Crippen MR) is 125 cm³/mol. The SMILES string of the molecule is CCOC(=O)C1=C(C)NC2=C(C(=O)CC(c3ccccc3)C2)C1c1ccc(OC)cc1OC. The summed E-state index contributed by atoms with van der Waals surface area (Å²) in [4.78, 5) is 26.7. The van der Waals surface area contributed by atoms with Crippen molar-refractivity contribution in [3.05, 3.63) is 82.2 Å². The highest BCUT2D eigenvalue weighted by molar-refractivity contribution is 6.04. The number of hydrogen-bond donors (Lipinski definition) is 1. The number of esters is 1. The number of ketones is 1. The molecular weight excluding hydrogens is 418 g/mol. The van der Waals surface area contributed by atoms with Crippen molar-refractivity contribution in [3.8, 4) is 11.5 Å². The molecule has 1 N–H and O–H groups in total. The zero-order valence-corrected chi connectivity index (χ0v) is 19.4. The molecule has 33 heavy (non-hydrogen) atoms. The van der Waals surface area contributed by atoms with Gasteiger partial charge in [0, 0.05) is 35.0 Å². The van der Waals surface area contributed by atoms with E-state index in [4.69, 9.17) is 14.2 Å². The predicted octanol–water partition coefficient (Wildman–Crippen LogP) is 4.63. The Morgan fingerprint density at radius 2 is 1.82 bits per heavy atom. The molecule has 4 rings (SSSR count). The minimum absolute atomic E-state index is 0.0229. The first-order valence-electron chi connectivity index (χ1n) is 11.2. The number of nitrogens with one attached hydrogen (secondary N) is 1. The smallest absolute Gasteiger partial charge is 0.336 e. The normalized spacial score (nSPS) is 20.2. The summed E-state index contributed by atoms with van der Waals surface area (Å²) in [6.07, 6.45) is 1.07. The van der Waals surface area contributed by atoms with Crippen LogP contribution in [0.25, 0.3) is 0 Å². The Labute approximate surface area is 194 Å². The second-order valence-electron chi connectivity index (χ2n) is 8.26. The molecule has 172 valence electrons. The fraction of sp³-hybridized carbons (Fsp3) is 0.333. The van der Waals surface area contributed by atoms with Gasteiger partial charge in [0.25, 0.3) is 0 Å². The van der Waals surface area contributed by atoms with Gasteiger partial charge in [-0.05, 0) is 37.8 Å². The third kappa shape index (κ3) is 4.25. The van der Waals surface area contributed by atoms with E-state index in [1.807, 2.05) is 37.3 Å². The molecule has 0 saturated heterocycles. The lowest BCUT2D eigenvalue weighted by Crippen LogP contribution is -2.36. The Bertz CT molecular complexity index is 1130. The maximum Gasteiger partial charge on any atom is 0.336 e. The highest BCUT2D eigenvalue weighted by Gasteiger charge is 2.42. The highest BCUT2D eigenvalue weighted by atomic mass is 16.5. The van der Waals surface area contributed by atoms with E-state index >= 15 is 0 Å². The second kappa shape index (κ2) is 9.53. The molecule has 6 heteroatoms. The molecule has 0 amide bonds. The van der Waals surface area contributed by atoms with Gasteiger partial charge in [-0.25, -0.2) is 4.79 Å². The van der Waals surface area contributed by atoms with Crippen LogP contribution in [0.4, 0.5) is 0 Å². The van der Waals surface area contributed by atoms with Crippen molar-refractivity contribution in [2.75, 3.05) is 20.8 Å². The number of carbonyl (C=O) groups is 2. The Kier molecular flexibility index (Phi) is 6.54. The summed E-state index contributed by atoms with van der Waals surface area (Å²) in [5.74, 6) is 0.285. The molecule has 2 atom stereocenters.